The van der Waals surface area contributed by atoms with Crippen molar-refractivity contribution in [3.8, 4) is 0 Å². The number of furan rings is 1. The highest BCUT2D eigenvalue weighted by atomic mass is 32.2. The fourth-order valence-corrected chi connectivity index (χ4v) is 3.05. The molecule has 0 radical (unpaired) electrons. The van der Waals surface area contributed by atoms with Crippen molar-refractivity contribution in [1.29, 1.82) is 0 Å². The highest BCUT2D eigenvalue weighted by Gasteiger charge is 2.36. The fraction of sp³-hybridized carbons (Fsp3) is 0.111. The summed E-state index contributed by atoms with van der Waals surface area (Å²) in [6, 6.07) is 9.32. The highest BCUT2D eigenvalue weighted by molar-refractivity contribution is 8.18. The lowest BCUT2D eigenvalue weighted by Gasteiger charge is -2.15. The summed E-state index contributed by atoms with van der Waals surface area (Å²) in [7, 11) is 0. The van der Waals surface area contributed by atoms with Crippen LogP contribution in [-0.4, -0.2) is 11.1 Å². The number of carbonyl (C=O) groups excluding carboxylic acids is 2. The van der Waals surface area contributed by atoms with Gasteiger partial charge in [0.15, 0.2) is 0 Å². The Morgan fingerprint density at radius 2 is 2.00 bits per heavy atom. The number of allylic oxidation sites excluding steroid dienone is 2. The molecule has 0 N–H and O–H groups in total. The first-order valence-electron chi connectivity index (χ1n) is 7.11. The van der Waals surface area contributed by atoms with Gasteiger partial charge in [0.25, 0.3) is 11.1 Å². The Morgan fingerprint density at radius 3 is 2.74 bits per heavy atom. The number of imide groups is 1. The van der Waals surface area contributed by atoms with E-state index in [4.69, 9.17) is 4.42 Å². The second kappa shape index (κ2) is 6.30. The third-order valence-electron chi connectivity index (χ3n) is 3.45. The van der Waals surface area contributed by atoms with E-state index in [1.165, 1.54) is 4.90 Å². The van der Waals surface area contributed by atoms with E-state index in [1.807, 2.05) is 38.1 Å². The molecule has 0 aliphatic carbocycles. The molecule has 2 amide bonds. The topological polar surface area (TPSA) is 50.5 Å². The maximum absolute atomic E-state index is 12.5. The minimum Gasteiger partial charge on any atom is -0.465 e. The first-order valence-corrected chi connectivity index (χ1v) is 7.93. The molecular weight excluding hydrogens is 310 g/mol. The molecule has 1 aliphatic rings. The molecule has 23 heavy (non-hydrogen) atoms. The Hall–Kier alpha value is -2.53. The highest BCUT2D eigenvalue weighted by Crippen LogP contribution is 2.36. The van der Waals surface area contributed by atoms with E-state index < -0.39 is 0 Å². The van der Waals surface area contributed by atoms with Crippen molar-refractivity contribution in [2.24, 2.45) is 0 Å². The molecule has 1 aromatic heterocycles. The smallest absolute Gasteiger partial charge is 0.298 e. The molecule has 0 atom stereocenters. The summed E-state index contributed by atoms with van der Waals surface area (Å²) in [6.07, 6.45) is 6.66. The van der Waals surface area contributed by atoms with Crippen LogP contribution in [0.15, 0.2) is 58.1 Å². The molecule has 2 aromatic rings. The largest absolute Gasteiger partial charge is 0.465 e. The lowest BCUT2D eigenvalue weighted by atomic mass is 10.1. The summed E-state index contributed by atoms with van der Waals surface area (Å²) in [5.41, 5.74) is 2.54. The minimum atomic E-state index is -0.294. The van der Waals surface area contributed by atoms with Crippen molar-refractivity contribution in [2.45, 2.75) is 13.8 Å². The zero-order chi connectivity index (χ0) is 16.4. The summed E-state index contributed by atoms with van der Waals surface area (Å²) in [4.78, 5) is 26.4. The number of carbonyl (C=O) groups is 2. The van der Waals surface area contributed by atoms with Gasteiger partial charge < -0.3 is 4.42 Å². The average molecular weight is 325 g/mol. The van der Waals surface area contributed by atoms with Crippen LogP contribution in [0.5, 0.6) is 0 Å². The molecule has 1 aliphatic heterocycles. The predicted octanol–water partition coefficient (Wildman–Crippen LogP) is 4.69. The van der Waals surface area contributed by atoms with Crippen LogP contribution in [0.25, 0.3) is 6.08 Å². The van der Waals surface area contributed by atoms with Gasteiger partial charge in [-0.25, -0.2) is 4.90 Å². The lowest BCUT2D eigenvalue weighted by molar-refractivity contribution is -0.113. The van der Waals surface area contributed by atoms with Gasteiger partial charge in [-0.2, -0.15) is 0 Å². The number of hydrogen-bond acceptors (Lipinski definition) is 4. The molecule has 0 unspecified atom stereocenters. The molecule has 0 bridgehead atoms. The van der Waals surface area contributed by atoms with Crippen LogP contribution >= 0.6 is 11.8 Å². The average Bonchev–Trinajstić information content (AvgIpc) is 3.11. The predicted molar refractivity (Wildman–Crippen MR) is 92.2 cm³/mol. The number of thioether (sulfide) groups is 1. The standard InChI is InChI=1S/C18H15NO3S/c1-12-8-9-13(2)15(11-12)19-17(20)16(23-18(19)21)7-3-5-14-6-4-10-22-14/h3-11H,1-2H3/b5-3+,16-7+. The fourth-order valence-electron chi connectivity index (χ4n) is 2.27. The number of benzene rings is 1. The van der Waals surface area contributed by atoms with E-state index in [0.29, 0.717) is 16.4 Å². The monoisotopic (exact) mass is 325 g/mol. The minimum absolute atomic E-state index is 0.277. The van der Waals surface area contributed by atoms with Crippen molar-refractivity contribution in [3.63, 3.8) is 0 Å². The van der Waals surface area contributed by atoms with E-state index in [1.54, 1.807) is 30.6 Å². The molecule has 1 saturated heterocycles. The maximum atomic E-state index is 12.5. The van der Waals surface area contributed by atoms with Gasteiger partial charge in [-0.05, 0) is 67.1 Å². The summed E-state index contributed by atoms with van der Waals surface area (Å²) in [5, 5.41) is -0.277. The summed E-state index contributed by atoms with van der Waals surface area (Å²) < 4.78 is 5.18. The number of rotatable bonds is 3. The Morgan fingerprint density at radius 1 is 1.17 bits per heavy atom. The van der Waals surface area contributed by atoms with Crippen molar-refractivity contribution in [1.82, 2.24) is 0 Å². The molecule has 116 valence electrons. The van der Waals surface area contributed by atoms with E-state index in [0.717, 1.165) is 22.9 Å². The SMILES string of the molecule is Cc1ccc(C)c(N2C(=O)S/C(=C/C=C/c3ccco3)C2=O)c1. The van der Waals surface area contributed by atoms with Crippen molar-refractivity contribution in [2.75, 3.05) is 4.90 Å². The third-order valence-corrected chi connectivity index (χ3v) is 4.34. The second-order valence-corrected chi connectivity index (χ2v) is 6.20. The van der Waals surface area contributed by atoms with Crippen LogP contribution in [0.3, 0.4) is 0 Å². The van der Waals surface area contributed by atoms with Gasteiger partial charge in [0, 0.05) is 0 Å². The van der Waals surface area contributed by atoms with Gasteiger partial charge in [-0.1, -0.05) is 18.2 Å². The Labute approximate surface area is 138 Å². The number of hydrogen-bond donors (Lipinski definition) is 0. The van der Waals surface area contributed by atoms with Crippen LogP contribution in [0.1, 0.15) is 16.9 Å². The van der Waals surface area contributed by atoms with Crippen LogP contribution in [0, 0.1) is 13.8 Å². The van der Waals surface area contributed by atoms with Gasteiger partial charge in [0.05, 0.1) is 16.9 Å². The molecule has 5 heteroatoms. The molecule has 1 aromatic carbocycles. The Bertz CT molecular complexity index is 819. The second-order valence-electron chi connectivity index (χ2n) is 5.20. The molecule has 0 saturated carbocycles. The normalized spacial score (nSPS) is 17.0. The first-order chi connectivity index (χ1) is 11.1. The van der Waals surface area contributed by atoms with Gasteiger partial charge >= 0.3 is 0 Å². The summed E-state index contributed by atoms with van der Waals surface area (Å²) in [6.45, 7) is 3.82. The molecule has 0 spiro atoms. The number of nitrogens with zero attached hydrogens (tertiary/aromatic N) is 1. The maximum Gasteiger partial charge on any atom is 0.298 e. The number of amides is 2. The molecule has 3 rings (SSSR count). The van der Waals surface area contributed by atoms with Crippen LogP contribution in [-0.2, 0) is 4.79 Å². The van der Waals surface area contributed by atoms with Gasteiger partial charge in [-0.3, -0.25) is 9.59 Å². The quantitative estimate of drug-likeness (QED) is 0.768. The van der Waals surface area contributed by atoms with E-state index in [-0.39, 0.29) is 11.1 Å². The van der Waals surface area contributed by atoms with Crippen molar-refractivity contribution in [3.05, 3.63) is 70.5 Å². The molecule has 1 fully saturated rings. The van der Waals surface area contributed by atoms with E-state index in [2.05, 4.69) is 0 Å². The van der Waals surface area contributed by atoms with Crippen molar-refractivity contribution < 1.29 is 14.0 Å². The van der Waals surface area contributed by atoms with Crippen molar-refractivity contribution >= 4 is 34.7 Å². The van der Waals surface area contributed by atoms with Gasteiger partial charge in [0.1, 0.15) is 5.76 Å². The van der Waals surface area contributed by atoms with Crippen LogP contribution in [0.4, 0.5) is 10.5 Å². The van der Waals surface area contributed by atoms with E-state index >= 15 is 0 Å². The van der Waals surface area contributed by atoms with Gasteiger partial charge in [-0.15, -0.1) is 0 Å². The third kappa shape index (κ3) is 3.14. The zero-order valence-electron chi connectivity index (χ0n) is 12.8. The molecular formula is C18H15NO3S. The number of anilines is 1. The van der Waals surface area contributed by atoms with Gasteiger partial charge in [0.2, 0.25) is 0 Å². The first kappa shape index (κ1) is 15.4. The molecule has 2 heterocycles. The molecule has 4 nitrogen and oxygen atoms in total. The zero-order valence-corrected chi connectivity index (χ0v) is 13.6. The van der Waals surface area contributed by atoms with Crippen LogP contribution in [0.2, 0.25) is 0 Å². The lowest BCUT2D eigenvalue weighted by Crippen LogP contribution is -2.28. The Balaban J connectivity index is 1.86. The number of aryl methyl sites for hydroxylation is 2. The summed E-state index contributed by atoms with van der Waals surface area (Å²) >= 11 is 0.945. The van der Waals surface area contributed by atoms with Crippen LogP contribution < -0.4 is 4.90 Å². The summed E-state index contributed by atoms with van der Waals surface area (Å²) in [5.74, 6) is 0.396. The van der Waals surface area contributed by atoms with E-state index in [9.17, 15) is 9.59 Å². The Kier molecular flexibility index (Phi) is 4.21.